The molecule has 1 atom stereocenters. The van der Waals surface area contributed by atoms with E-state index in [1.54, 1.807) is 31.4 Å². The van der Waals surface area contributed by atoms with Crippen molar-refractivity contribution in [1.29, 1.82) is 0 Å². The molecule has 0 aromatic heterocycles. The van der Waals surface area contributed by atoms with Gasteiger partial charge in [-0.2, -0.15) is 0 Å². The molecule has 0 fully saturated rings. The number of nitrogens with one attached hydrogen (secondary N) is 2. The molecule has 2 N–H and O–H groups in total. The standard InChI is InChI=1S/C20H26N2O4S/c1-14(2)13-19(15-7-11-18(26-3)12-8-15)21-20(23)16-5-9-17(10-6-16)22-27(4,24)25/h5-12,14,19,22H,13H2,1-4H3,(H,21,23)/t19-/m0/s1. The Bertz CT molecular complexity index is 860. The van der Waals surface area contributed by atoms with Crippen molar-refractivity contribution in [1.82, 2.24) is 5.32 Å². The minimum absolute atomic E-state index is 0.128. The number of rotatable bonds is 8. The number of anilines is 1. The SMILES string of the molecule is COc1ccc([C@H](CC(C)C)NC(=O)c2ccc(NS(C)(=O)=O)cc2)cc1. The average Bonchev–Trinajstić information content (AvgIpc) is 2.60. The van der Waals surface area contributed by atoms with Gasteiger partial charge in [-0.3, -0.25) is 9.52 Å². The van der Waals surface area contributed by atoms with Crippen molar-refractivity contribution < 1.29 is 17.9 Å². The van der Waals surface area contributed by atoms with Gasteiger partial charge in [0.1, 0.15) is 5.75 Å². The second-order valence-electron chi connectivity index (χ2n) is 6.88. The van der Waals surface area contributed by atoms with E-state index in [0.29, 0.717) is 17.2 Å². The molecule has 0 unspecified atom stereocenters. The summed E-state index contributed by atoms with van der Waals surface area (Å²) in [6.45, 7) is 4.21. The highest BCUT2D eigenvalue weighted by molar-refractivity contribution is 7.92. The molecule has 0 aliphatic rings. The van der Waals surface area contributed by atoms with Crippen LogP contribution in [0.1, 0.15) is 42.2 Å². The molecule has 0 aliphatic carbocycles. The lowest BCUT2D eigenvalue weighted by atomic mass is 9.96. The van der Waals surface area contributed by atoms with E-state index >= 15 is 0 Å². The molecule has 0 saturated heterocycles. The van der Waals surface area contributed by atoms with Crippen molar-refractivity contribution in [3.05, 3.63) is 59.7 Å². The zero-order chi connectivity index (χ0) is 20.0. The van der Waals surface area contributed by atoms with E-state index in [1.807, 2.05) is 24.3 Å². The molecule has 2 aromatic rings. The Morgan fingerprint density at radius 1 is 1.04 bits per heavy atom. The van der Waals surface area contributed by atoms with Gasteiger partial charge in [-0.05, 0) is 54.3 Å². The third-order valence-corrected chi connectivity index (χ3v) is 4.59. The first-order chi connectivity index (χ1) is 12.7. The summed E-state index contributed by atoms with van der Waals surface area (Å²) in [4.78, 5) is 12.7. The van der Waals surface area contributed by atoms with E-state index in [1.165, 1.54) is 0 Å². The van der Waals surface area contributed by atoms with Gasteiger partial charge < -0.3 is 10.1 Å². The van der Waals surface area contributed by atoms with Gasteiger partial charge in [-0.15, -0.1) is 0 Å². The Labute approximate surface area is 161 Å². The van der Waals surface area contributed by atoms with E-state index in [2.05, 4.69) is 23.9 Å². The predicted molar refractivity (Wildman–Crippen MR) is 108 cm³/mol. The highest BCUT2D eigenvalue weighted by atomic mass is 32.2. The van der Waals surface area contributed by atoms with Crippen LogP contribution in [0.5, 0.6) is 5.75 Å². The van der Waals surface area contributed by atoms with Gasteiger partial charge in [-0.1, -0.05) is 26.0 Å². The summed E-state index contributed by atoms with van der Waals surface area (Å²) < 4.78 is 30.1. The van der Waals surface area contributed by atoms with E-state index in [0.717, 1.165) is 24.0 Å². The van der Waals surface area contributed by atoms with Gasteiger partial charge in [0.05, 0.1) is 19.4 Å². The quantitative estimate of drug-likeness (QED) is 0.721. The fourth-order valence-electron chi connectivity index (χ4n) is 2.73. The zero-order valence-corrected chi connectivity index (χ0v) is 16.8. The van der Waals surface area contributed by atoms with Crippen LogP contribution >= 0.6 is 0 Å². The highest BCUT2D eigenvalue weighted by Gasteiger charge is 2.17. The van der Waals surface area contributed by atoms with Crippen molar-refractivity contribution >= 4 is 21.6 Å². The van der Waals surface area contributed by atoms with Crippen LogP contribution in [0.15, 0.2) is 48.5 Å². The Hall–Kier alpha value is -2.54. The van der Waals surface area contributed by atoms with E-state index in [4.69, 9.17) is 4.74 Å². The molecule has 146 valence electrons. The molecule has 0 radical (unpaired) electrons. The number of ether oxygens (including phenoxy) is 1. The molecule has 0 aliphatic heterocycles. The van der Waals surface area contributed by atoms with E-state index in [9.17, 15) is 13.2 Å². The number of hydrogen-bond donors (Lipinski definition) is 2. The van der Waals surface area contributed by atoms with E-state index in [-0.39, 0.29) is 11.9 Å². The van der Waals surface area contributed by atoms with Gasteiger partial charge in [0, 0.05) is 11.3 Å². The molecule has 0 spiro atoms. The summed E-state index contributed by atoms with van der Waals surface area (Å²) >= 11 is 0. The molecule has 2 aromatic carbocycles. The van der Waals surface area contributed by atoms with Crippen LogP contribution in [-0.4, -0.2) is 27.7 Å². The lowest BCUT2D eigenvalue weighted by Gasteiger charge is -2.21. The second-order valence-corrected chi connectivity index (χ2v) is 8.63. The van der Waals surface area contributed by atoms with Crippen LogP contribution in [0.3, 0.4) is 0 Å². The number of benzene rings is 2. The van der Waals surface area contributed by atoms with Crippen LogP contribution in [-0.2, 0) is 10.0 Å². The number of carbonyl (C=O) groups is 1. The Balaban J connectivity index is 2.14. The maximum absolute atomic E-state index is 12.7. The molecular formula is C20H26N2O4S. The summed E-state index contributed by atoms with van der Waals surface area (Å²) in [7, 11) is -1.73. The van der Waals surface area contributed by atoms with Gasteiger partial charge in [0.25, 0.3) is 5.91 Å². The minimum Gasteiger partial charge on any atom is -0.497 e. The van der Waals surface area contributed by atoms with Crippen molar-refractivity contribution in [2.24, 2.45) is 5.92 Å². The molecule has 6 nitrogen and oxygen atoms in total. The number of hydrogen-bond acceptors (Lipinski definition) is 4. The predicted octanol–water partition coefficient (Wildman–Crippen LogP) is 3.58. The van der Waals surface area contributed by atoms with Gasteiger partial charge in [0.15, 0.2) is 0 Å². The second kappa shape index (κ2) is 8.90. The molecule has 0 saturated carbocycles. The van der Waals surface area contributed by atoms with Crippen LogP contribution in [0.25, 0.3) is 0 Å². The molecule has 0 bridgehead atoms. The first-order valence-corrected chi connectivity index (χ1v) is 10.6. The van der Waals surface area contributed by atoms with Crippen molar-refractivity contribution in [3.63, 3.8) is 0 Å². The minimum atomic E-state index is -3.35. The largest absolute Gasteiger partial charge is 0.497 e. The molecule has 1 amide bonds. The maximum atomic E-state index is 12.7. The number of sulfonamides is 1. The fourth-order valence-corrected chi connectivity index (χ4v) is 3.30. The number of methoxy groups -OCH3 is 1. The third kappa shape index (κ3) is 6.60. The van der Waals surface area contributed by atoms with Crippen molar-refractivity contribution in [2.75, 3.05) is 18.1 Å². The van der Waals surface area contributed by atoms with Gasteiger partial charge in [0.2, 0.25) is 10.0 Å². The highest BCUT2D eigenvalue weighted by Crippen LogP contribution is 2.24. The van der Waals surface area contributed by atoms with Crippen LogP contribution in [0.4, 0.5) is 5.69 Å². The lowest BCUT2D eigenvalue weighted by molar-refractivity contribution is 0.0932. The first kappa shape index (κ1) is 20.8. The number of carbonyl (C=O) groups excluding carboxylic acids is 1. The number of amides is 1. The monoisotopic (exact) mass is 390 g/mol. The average molecular weight is 391 g/mol. The molecule has 0 heterocycles. The van der Waals surface area contributed by atoms with Crippen LogP contribution in [0, 0.1) is 5.92 Å². The summed E-state index contributed by atoms with van der Waals surface area (Å²) in [6.07, 6.45) is 1.88. The molecule has 7 heteroatoms. The zero-order valence-electron chi connectivity index (χ0n) is 16.0. The fraction of sp³-hybridized carbons (Fsp3) is 0.350. The van der Waals surface area contributed by atoms with Crippen molar-refractivity contribution in [3.8, 4) is 5.75 Å². The first-order valence-electron chi connectivity index (χ1n) is 8.70. The molecule has 27 heavy (non-hydrogen) atoms. The van der Waals surface area contributed by atoms with Gasteiger partial charge >= 0.3 is 0 Å². The maximum Gasteiger partial charge on any atom is 0.251 e. The topological polar surface area (TPSA) is 84.5 Å². The molecular weight excluding hydrogens is 364 g/mol. The van der Waals surface area contributed by atoms with Crippen LogP contribution in [0.2, 0.25) is 0 Å². The van der Waals surface area contributed by atoms with Gasteiger partial charge in [-0.25, -0.2) is 8.42 Å². The normalized spacial score (nSPS) is 12.5. The summed E-state index contributed by atoms with van der Waals surface area (Å²) in [5.74, 6) is 0.962. The lowest BCUT2D eigenvalue weighted by Crippen LogP contribution is -2.29. The van der Waals surface area contributed by atoms with Crippen molar-refractivity contribution in [2.45, 2.75) is 26.3 Å². The summed E-state index contributed by atoms with van der Waals surface area (Å²) in [5.41, 5.74) is 1.90. The van der Waals surface area contributed by atoms with E-state index < -0.39 is 10.0 Å². The summed E-state index contributed by atoms with van der Waals surface area (Å²) in [6, 6.07) is 13.9. The molecule has 2 rings (SSSR count). The Morgan fingerprint density at radius 3 is 2.11 bits per heavy atom. The van der Waals surface area contributed by atoms with Crippen LogP contribution < -0.4 is 14.8 Å². The third-order valence-electron chi connectivity index (χ3n) is 3.98. The Kier molecular flexibility index (Phi) is 6.85. The smallest absolute Gasteiger partial charge is 0.251 e. The Morgan fingerprint density at radius 2 is 1.63 bits per heavy atom. The summed E-state index contributed by atoms with van der Waals surface area (Å²) in [5, 5.41) is 3.07.